The number of anilines is 1. The summed E-state index contributed by atoms with van der Waals surface area (Å²) < 4.78 is 8.37. The molecule has 0 saturated carbocycles. The highest BCUT2D eigenvalue weighted by molar-refractivity contribution is 5.91. The van der Waals surface area contributed by atoms with Gasteiger partial charge in [-0.15, -0.1) is 0 Å². The molecule has 46 heavy (non-hydrogen) atoms. The van der Waals surface area contributed by atoms with Crippen LogP contribution in [0.15, 0.2) is 134 Å². The van der Waals surface area contributed by atoms with Gasteiger partial charge >= 0.3 is 0 Å². The molecule has 1 aliphatic heterocycles. The van der Waals surface area contributed by atoms with Gasteiger partial charge in [0.05, 0.1) is 37.2 Å². The summed E-state index contributed by atoms with van der Waals surface area (Å²) in [4.78, 5) is 28.8. The number of benzene rings is 4. The van der Waals surface area contributed by atoms with Crippen molar-refractivity contribution in [1.29, 1.82) is 0 Å². The molecule has 3 heterocycles. The van der Waals surface area contributed by atoms with Crippen molar-refractivity contribution in [3.63, 3.8) is 0 Å². The number of nitrogens with one attached hydrogen (secondary N) is 1. The number of imidazole rings is 1. The van der Waals surface area contributed by atoms with Crippen molar-refractivity contribution in [3.05, 3.63) is 156 Å². The Balaban J connectivity index is 1.28. The number of nitrogens with zero attached hydrogens (tertiary/aromatic N) is 5. The number of carbonyl (C=O) groups excluding carboxylic acids is 1. The van der Waals surface area contributed by atoms with Crippen LogP contribution in [0.1, 0.15) is 28.5 Å². The fraction of sp³-hybridized carbons (Fsp3) is 0.189. The van der Waals surface area contributed by atoms with Crippen LogP contribution in [0.3, 0.4) is 0 Å². The standard InChI is InChI=1S/C37H34N6O3/c44-25-31-23-42(37(28-15-7-2-8-16-28,29-17-9-3-10-18-29)30-19-11-4-12-20-30)24-34(46-31)43-26-39-32-22-38-36(41-35(32)43)40-33(45)21-27-13-5-1-6-14-27/h1-20,22,26,31,34,44H,21,23-25H2,(H,38,40,41,45). The van der Waals surface area contributed by atoms with Crippen LogP contribution in [-0.4, -0.2) is 61.2 Å². The number of hydrogen-bond donors (Lipinski definition) is 2. The SMILES string of the molecule is O=C(Cc1ccccc1)Nc1ncc2ncn(C3CN(C(c4ccccc4)(c4ccccc4)c4ccccc4)CC(CO)O3)c2n1. The first kappa shape index (κ1) is 29.5. The Labute approximate surface area is 267 Å². The van der Waals surface area contributed by atoms with Crippen LogP contribution in [0.5, 0.6) is 0 Å². The third-order valence-electron chi connectivity index (χ3n) is 8.49. The Morgan fingerprint density at radius 3 is 1.93 bits per heavy atom. The van der Waals surface area contributed by atoms with E-state index in [1.54, 1.807) is 12.5 Å². The molecular weight excluding hydrogens is 576 g/mol. The molecule has 6 aromatic rings. The maximum absolute atomic E-state index is 12.8. The van der Waals surface area contributed by atoms with Crippen LogP contribution >= 0.6 is 0 Å². The molecule has 0 spiro atoms. The van der Waals surface area contributed by atoms with Crippen LogP contribution in [0.4, 0.5) is 5.95 Å². The van der Waals surface area contributed by atoms with E-state index in [1.165, 1.54) is 0 Å². The largest absolute Gasteiger partial charge is 0.394 e. The lowest BCUT2D eigenvalue weighted by Crippen LogP contribution is -2.57. The number of hydrogen-bond acceptors (Lipinski definition) is 7. The first-order valence-corrected chi connectivity index (χ1v) is 15.4. The minimum atomic E-state index is -0.693. The van der Waals surface area contributed by atoms with Crippen molar-refractivity contribution in [1.82, 2.24) is 24.4 Å². The van der Waals surface area contributed by atoms with Gasteiger partial charge < -0.3 is 9.84 Å². The molecule has 7 rings (SSSR count). The molecule has 0 bridgehead atoms. The highest BCUT2D eigenvalue weighted by Gasteiger charge is 2.46. The molecule has 1 saturated heterocycles. The lowest BCUT2D eigenvalue weighted by atomic mass is 9.75. The second kappa shape index (κ2) is 13.0. The van der Waals surface area contributed by atoms with Crippen molar-refractivity contribution in [3.8, 4) is 0 Å². The van der Waals surface area contributed by atoms with Gasteiger partial charge in [-0.1, -0.05) is 121 Å². The number of morpholine rings is 1. The number of rotatable bonds is 9. The minimum Gasteiger partial charge on any atom is -0.394 e. The minimum absolute atomic E-state index is 0.163. The predicted molar refractivity (Wildman–Crippen MR) is 176 cm³/mol. The number of aliphatic hydroxyl groups excluding tert-OH is 1. The van der Waals surface area contributed by atoms with Gasteiger partial charge in [-0.2, -0.15) is 4.98 Å². The van der Waals surface area contributed by atoms with Gasteiger partial charge in [0, 0.05) is 13.1 Å². The van der Waals surface area contributed by atoms with E-state index < -0.39 is 17.9 Å². The van der Waals surface area contributed by atoms with E-state index >= 15 is 0 Å². The number of carbonyl (C=O) groups is 1. The Hall–Kier alpha value is -5.22. The Morgan fingerprint density at radius 2 is 1.37 bits per heavy atom. The highest BCUT2D eigenvalue weighted by atomic mass is 16.5. The van der Waals surface area contributed by atoms with Crippen molar-refractivity contribution >= 4 is 23.0 Å². The van der Waals surface area contributed by atoms with Gasteiger partial charge in [0.1, 0.15) is 11.7 Å². The fourth-order valence-electron chi connectivity index (χ4n) is 6.48. The average molecular weight is 611 g/mol. The lowest BCUT2D eigenvalue weighted by Gasteiger charge is -2.50. The highest BCUT2D eigenvalue weighted by Crippen LogP contribution is 2.44. The van der Waals surface area contributed by atoms with Crippen molar-refractivity contribution < 1.29 is 14.6 Å². The lowest BCUT2D eigenvalue weighted by molar-refractivity contribution is -0.148. The van der Waals surface area contributed by atoms with Gasteiger partial charge in [-0.05, 0) is 22.3 Å². The van der Waals surface area contributed by atoms with Gasteiger partial charge in [-0.25, -0.2) is 9.97 Å². The fourth-order valence-corrected chi connectivity index (χ4v) is 6.48. The maximum atomic E-state index is 12.8. The molecule has 2 N–H and O–H groups in total. The van der Waals surface area contributed by atoms with Gasteiger partial charge in [0.2, 0.25) is 11.9 Å². The molecule has 1 aliphatic rings. The topological polar surface area (TPSA) is 105 Å². The molecule has 4 aromatic carbocycles. The molecule has 2 atom stereocenters. The molecule has 1 amide bonds. The normalized spacial score (nSPS) is 17.2. The predicted octanol–water partition coefficient (Wildman–Crippen LogP) is 5.19. The van der Waals surface area contributed by atoms with E-state index in [1.807, 2.05) is 53.1 Å². The molecule has 1 fully saturated rings. The van der Waals surface area contributed by atoms with Gasteiger partial charge in [0.25, 0.3) is 0 Å². The maximum Gasteiger partial charge on any atom is 0.231 e. The van der Waals surface area contributed by atoms with E-state index in [9.17, 15) is 9.90 Å². The first-order valence-electron chi connectivity index (χ1n) is 15.4. The summed E-state index contributed by atoms with van der Waals surface area (Å²) >= 11 is 0. The quantitative estimate of drug-likeness (QED) is 0.217. The summed E-state index contributed by atoms with van der Waals surface area (Å²) in [7, 11) is 0. The molecular formula is C37H34N6O3. The Bertz CT molecular complexity index is 1800. The molecule has 0 aliphatic carbocycles. The number of aromatic nitrogens is 4. The molecule has 230 valence electrons. The van der Waals surface area contributed by atoms with Gasteiger partial charge in [-0.3, -0.25) is 19.6 Å². The van der Waals surface area contributed by atoms with Crippen LogP contribution in [-0.2, 0) is 21.5 Å². The summed E-state index contributed by atoms with van der Waals surface area (Å²) in [5, 5.41) is 13.4. The zero-order chi connectivity index (χ0) is 31.3. The molecule has 9 nitrogen and oxygen atoms in total. The summed E-state index contributed by atoms with van der Waals surface area (Å²) in [6, 6.07) is 40.9. The van der Waals surface area contributed by atoms with Crippen LogP contribution in [0.25, 0.3) is 11.2 Å². The number of aliphatic hydroxyl groups is 1. The van der Waals surface area contributed by atoms with Crippen LogP contribution in [0.2, 0.25) is 0 Å². The first-order chi connectivity index (χ1) is 22.6. The summed E-state index contributed by atoms with van der Waals surface area (Å²) in [5.74, 6) is -0.0239. The number of ether oxygens (including phenoxy) is 1. The molecule has 2 aromatic heterocycles. The van der Waals surface area contributed by atoms with Crippen LogP contribution < -0.4 is 5.32 Å². The molecule has 9 heteroatoms. The Morgan fingerprint density at radius 1 is 0.804 bits per heavy atom. The second-order valence-corrected chi connectivity index (χ2v) is 11.4. The average Bonchev–Trinajstić information content (AvgIpc) is 3.54. The zero-order valence-electron chi connectivity index (χ0n) is 25.2. The third-order valence-corrected chi connectivity index (χ3v) is 8.49. The molecule has 2 unspecified atom stereocenters. The Kier molecular flexibility index (Phi) is 8.35. The summed E-state index contributed by atoms with van der Waals surface area (Å²) in [6.45, 7) is 0.776. The van der Waals surface area contributed by atoms with E-state index in [0.717, 1.165) is 22.3 Å². The van der Waals surface area contributed by atoms with Crippen LogP contribution in [0, 0.1) is 0 Å². The smallest absolute Gasteiger partial charge is 0.231 e. The zero-order valence-corrected chi connectivity index (χ0v) is 25.2. The molecule has 0 radical (unpaired) electrons. The summed E-state index contributed by atoms with van der Waals surface area (Å²) in [6.07, 6.45) is 2.46. The monoisotopic (exact) mass is 610 g/mol. The third kappa shape index (κ3) is 5.67. The van der Waals surface area contributed by atoms with Gasteiger partial charge in [0.15, 0.2) is 5.65 Å². The van der Waals surface area contributed by atoms with E-state index in [-0.39, 0.29) is 24.9 Å². The number of amides is 1. The second-order valence-electron chi connectivity index (χ2n) is 11.4. The van der Waals surface area contributed by atoms with Crippen molar-refractivity contribution in [2.75, 3.05) is 25.0 Å². The van der Waals surface area contributed by atoms with E-state index in [0.29, 0.717) is 24.3 Å². The van der Waals surface area contributed by atoms with E-state index in [4.69, 9.17) is 9.72 Å². The van der Waals surface area contributed by atoms with Crippen molar-refractivity contribution in [2.24, 2.45) is 0 Å². The van der Waals surface area contributed by atoms with E-state index in [2.05, 4.69) is 93.0 Å². The summed E-state index contributed by atoms with van der Waals surface area (Å²) in [5.41, 5.74) is 4.61. The number of fused-ring (bicyclic) bond motifs is 1. The van der Waals surface area contributed by atoms with Crippen molar-refractivity contribution in [2.45, 2.75) is 24.3 Å².